The molecule has 6 rings (SSSR count). The number of fused-ring (bicyclic) bond motifs is 1. The minimum absolute atomic E-state index is 0.0350. The molecule has 7 nitrogen and oxygen atoms in total. The smallest absolute Gasteiger partial charge is 0.239 e. The summed E-state index contributed by atoms with van der Waals surface area (Å²) in [5.41, 5.74) is 0.978. The number of ether oxygens (including phenoxy) is 4. The first kappa shape index (κ1) is 31.5. The molecule has 0 spiro atoms. The van der Waals surface area contributed by atoms with Crippen molar-refractivity contribution in [1.29, 1.82) is 0 Å². The molecule has 1 aliphatic rings. The van der Waals surface area contributed by atoms with E-state index in [2.05, 4.69) is 4.98 Å². The van der Waals surface area contributed by atoms with Gasteiger partial charge in [0, 0.05) is 6.42 Å². The van der Waals surface area contributed by atoms with Gasteiger partial charge < -0.3 is 18.9 Å². The molecule has 4 aromatic carbocycles. The second kappa shape index (κ2) is 14.7. The second-order valence-corrected chi connectivity index (χ2v) is 14.1. The summed E-state index contributed by atoms with van der Waals surface area (Å²) >= 11 is 0.948. The molecule has 1 fully saturated rings. The zero-order chi connectivity index (χ0) is 31.1. The number of benzene rings is 4. The topological polar surface area (TPSA) is 84.0 Å². The molecule has 0 bridgehead atoms. The van der Waals surface area contributed by atoms with Gasteiger partial charge in [-0.1, -0.05) is 103 Å². The number of para-hydroxylation sites is 1. The number of alkyl halides is 1. The van der Waals surface area contributed by atoms with Crippen LogP contribution in [-0.4, -0.2) is 49.9 Å². The molecule has 1 aromatic heterocycles. The maximum atomic E-state index is 16.3. The molecule has 0 aliphatic carbocycles. The van der Waals surface area contributed by atoms with E-state index in [1.165, 1.54) is 0 Å². The molecule has 0 N–H and O–H groups in total. The average Bonchev–Trinajstić information content (AvgIpc) is 3.53. The Bertz CT molecular complexity index is 1720. The molecule has 0 radical (unpaired) electrons. The number of halogens is 1. The largest absolute Gasteiger partial charge is 0.374 e. The first-order chi connectivity index (χ1) is 22.0. The van der Waals surface area contributed by atoms with Crippen molar-refractivity contribution < 1.29 is 31.8 Å². The van der Waals surface area contributed by atoms with Crippen molar-refractivity contribution in [3.05, 3.63) is 132 Å². The lowest BCUT2D eigenvalue weighted by Gasteiger charge is -2.42. The van der Waals surface area contributed by atoms with Gasteiger partial charge in [-0.05, 0) is 28.8 Å². The summed E-state index contributed by atoms with van der Waals surface area (Å²) in [5, 5.41) is 0. The average molecular weight is 648 g/mol. The fraction of sp³-hybridized carbons (Fsp3) is 0.286. The number of aromatic nitrogens is 1. The van der Waals surface area contributed by atoms with Gasteiger partial charge in [0.25, 0.3) is 0 Å². The molecular weight excluding hydrogens is 614 g/mol. The van der Waals surface area contributed by atoms with Gasteiger partial charge in [-0.3, -0.25) is 0 Å². The van der Waals surface area contributed by atoms with Gasteiger partial charge in [-0.25, -0.2) is 17.8 Å². The molecule has 1 saturated heterocycles. The van der Waals surface area contributed by atoms with Gasteiger partial charge in [-0.2, -0.15) is 0 Å². The molecule has 0 saturated carbocycles. The van der Waals surface area contributed by atoms with Crippen molar-refractivity contribution in [2.45, 2.75) is 60.5 Å². The minimum atomic E-state index is -4.47. The molecule has 2 unspecified atom stereocenters. The highest BCUT2D eigenvalue weighted by Crippen LogP contribution is 2.35. The lowest BCUT2D eigenvalue weighted by Crippen LogP contribution is -2.55. The number of hydrogen-bond donors (Lipinski definition) is 0. The lowest BCUT2D eigenvalue weighted by atomic mass is 9.97. The number of rotatable bonds is 13. The Morgan fingerprint density at radius 3 is 1.96 bits per heavy atom. The van der Waals surface area contributed by atoms with Gasteiger partial charge in [-0.15, -0.1) is 11.3 Å². The van der Waals surface area contributed by atoms with Crippen LogP contribution in [0.5, 0.6) is 0 Å². The Balaban J connectivity index is 1.26. The number of sulfone groups is 1. The second-order valence-electron chi connectivity index (χ2n) is 10.9. The quantitative estimate of drug-likeness (QED) is 0.137. The van der Waals surface area contributed by atoms with Crippen LogP contribution in [0.1, 0.15) is 23.1 Å². The van der Waals surface area contributed by atoms with E-state index in [9.17, 15) is 8.42 Å². The van der Waals surface area contributed by atoms with Crippen molar-refractivity contribution in [1.82, 2.24) is 4.98 Å². The monoisotopic (exact) mass is 647 g/mol. The molecule has 1 aliphatic heterocycles. The summed E-state index contributed by atoms with van der Waals surface area (Å²) in [6.07, 6.45) is -3.50. The van der Waals surface area contributed by atoms with Gasteiger partial charge >= 0.3 is 0 Å². The Labute approximate surface area is 266 Å². The highest BCUT2D eigenvalue weighted by molar-refractivity contribution is 7.94. The molecule has 10 heteroatoms. The van der Waals surface area contributed by atoms with Crippen LogP contribution in [0, 0.1) is 0 Å². The Hall–Kier alpha value is -3.51. The van der Waals surface area contributed by atoms with Crippen LogP contribution in [0.3, 0.4) is 0 Å². The fourth-order valence-corrected chi connectivity index (χ4v) is 8.02. The van der Waals surface area contributed by atoms with E-state index in [-0.39, 0.29) is 30.6 Å². The van der Waals surface area contributed by atoms with E-state index >= 15 is 4.39 Å². The Kier molecular flexibility index (Phi) is 10.3. The summed E-state index contributed by atoms with van der Waals surface area (Å²) in [4.78, 5) is 4.23. The first-order valence-corrected chi connectivity index (χ1v) is 17.2. The standard InChI is InChI=1S/C35H34FNO6S2/c36-34(45(38,39)35-37-28-18-10-11-19-32(28)44-35)30-20-29(41-22-26-14-6-2-7-15-26)33(42-23-27-16-8-3-9-17-27)31(43-30)24-40-21-25-12-4-1-5-13-25/h1-19,29-31,33-34H,20-24H2/t29-,30?,31-,33+,34?/m1/s1. The maximum absolute atomic E-state index is 16.3. The minimum Gasteiger partial charge on any atom is -0.374 e. The van der Waals surface area contributed by atoms with Crippen molar-refractivity contribution in [3.8, 4) is 0 Å². The van der Waals surface area contributed by atoms with Crippen LogP contribution in [-0.2, 0) is 48.6 Å². The third kappa shape index (κ3) is 7.84. The van der Waals surface area contributed by atoms with E-state index in [0.29, 0.717) is 16.8 Å². The third-order valence-electron chi connectivity index (χ3n) is 7.64. The highest BCUT2D eigenvalue weighted by Gasteiger charge is 2.48. The zero-order valence-corrected chi connectivity index (χ0v) is 26.1. The summed E-state index contributed by atoms with van der Waals surface area (Å²) in [5.74, 6) is 0. The first-order valence-electron chi connectivity index (χ1n) is 14.8. The fourth-order valence-electron chi connectivity index (χ4n) is 5.32. The number of nitrogens with zero attached hydrogens (tertiary/aromatic N) is 1. The van der Waals surface area contributed by atoms with Gasteiger partial charge in [0.15, 0.2) is 0 Å². The van der Waals surface area contributed by atoms with E-state index in [1.807, 2.05) is 91.0 Å². The lowest BCUT2D eigenvalue weighted by molar-refractivity contribution is -0.225. The zero-order valence-electron chi connectivity index (χ0n) is 24.5. The SMILES string of the molecule is O=S(=O)(c1nc2ccccc2s1)C(F)C1C[C@@H](OCc2ccccc2)[C@H](OCc2ccccc2)[C@@H](COCc2ccccc2)O1. The van der Waals surface area contributed by atoms with Crippen LogP contribution in [0.25, 0.3) is 10.2 Å². The summed E-state index contributed by atoms with van der Waals surface area (Å²) in [6, 6.07) is 36.0. The Morgan fingerprint density at radius 2 is 1.33 bits per heavy atom. The van der Waals surface area contributed by atoms with E-state index in [1.54, 1.807) is 24.3 Å². The van der Waals surface area contributed by atoms with E-state index in [0.717, 1.165) is 28.0 Å². The van der Waals surface area contributed by atoms with Crippen molar-refractivity contribution >= 4 is 31.4 Å². The van der Waals surface area contributed by atoms with Crippen LogP contribution >= 0.6 is 11.3 Å². The Morgan fingerprint density at radius 1 is 0.778 bits per heavy atom. The van der Waals surface area contributed by atoms with Crippen LogP contribution in [0.15, 0.2) is 120 Å². The molecule has 45 heavy (non-hydrogen) atoms. The number of hydrogen-bond acceptors (Lipinski definition) is 8. The van der Waals surface area contributed by atoms with Gasteiger partial charge in [0.1, 0.15) is 18.3 Å². The van der Waals surface area contributed by atoms with Crippen LogP contribution in [0.2, 0.25) is 0 Å². The predicted octanol–water partition coefficient (Wildman–Crippen LogP) is 6.91. The number of thiazole rings is 1. The molecule has 5 atom stereocenters. The molecule has 5 aromatic rings. The summed E-state index contributed by atoms with van der Waals surface area (Å²) in [7, 11) is -4.47. The summed E-state index contributed by atoms with van der Waals surface area (Å²) < 4.78 is 68.9. The normalized spacial score (nSPS) is 21.1. The molecule has 2 heterocycles. The summed E-state index contributed by atoms with van der Waals surface area (Å²) in [6.45, 7) is 0.852. The van der Waals surface area contributed by atoms with Crippen molar-refractivity contribution in [3.63, 3.8) is 0 Å². The van der Waals surface area contributed by atoms with Gasteiger partial charge in [0.05, 0.1) is 42.7 Å². The van der Waals surface area contributed by atoms with Gasteiger partial charge in [0.2, 0.25) is 19.7 Å². The van der Waals surface area contributed by atoms with Crippen LogP contribution in [0.4, 0.5) is 4.39 Å². The van der Waals surface area contributed by atoms with E-state index in [4.69, 9.17) is 18.9 Å². The van der Waals surface area contributed by atoms with E-state index < -0.39 is 39.8 Å². The third-order valence-corrected chi connectivity index (χ3v) is 10.9. The molecule has 0 amide bonds. The highest BCUT2D eigenvalue weighted by atomic mass is 32.2. The van der Waals surface area contributed by atoms with Crippen molar-refractivity contribution in [2.24, 2.45) is 0 Å². The van der Waals surface area contributed by atoms with Crippen molar-refractivity contribution in [2.75, 3.05) is 6.61 Å². The molecule has 234 valence electrons. The predicted molar refractivity (Wildman–Crippen MR) is 171 cm³/mol. The maximum Gasteiger partial charge on any atom is 0.239 e. The van der Waals surface area contributed by atoms with Crippen LogP contribution < -0.4 is 0 Å². The molecular formula is C35H34FNO6S2.